The first-order valence-corrected chi connectivity index (χ1v) is 11.9. The molecule has 0 radical (unpaired) electrons. The molecule has 0 bridgehead atoms. The molecule has 1 amide bonds. The monoisotopic (exact) mass is 522 g/mol. The van der Waals surface area contributed by atoms with Gasteiger partial charge in [0.15, 0.2) is 0 Å². The van der Waals surface area contributed by atoms with Crippen molar-refractivity contribution in [1.29, 1.82) is 5.26 Å². The molecule has 39 heavy (non-hydrogen) atoms. The summed E-state index contributed by atoms with van der Waals surface area (Å²) in [6, 6.07) is 26.3. The van der Waals surface area contributed by atoms with E-state index in [4.69, 9.17) is 15.2 Å². The molecule has 0 fully saturated rings. The number of nitrogens with two attached hydrogens (primary N) is 1. The van der Waals surface area contributed by atoms with E-state index in [1.165, 1.54) is 24.0 Å². The molecule has 1 unspecified atom stereocenters. The molecule has 1 aliphatic heterocycles. The van der Waals surface area contributed by atoms with E-state index in [-0.39, 0.29) is 28.6 Å². The number of nitriles is 1. The van der Waals surface area contributed by atoms with Crippen LogP contribution in [0.25, 0.3) is 0 Å². The summed E-state index contributed by atoms with van der Waals surface area (Å²) in [6.07, 6.45) is 0. The fourth-order valence-electron chi connectivity index (χ4n) is 4.50. The Kier molecular flexibility index (Phi) is 7.77. The van der Waals surface area contributed by atoms with Crippen molar-refractivity contribution in [3.8, 4) is 6.07 Å². The van der Waals surface area contributed by atoms with Crippen LogP contribution in [0.5, 0.6) is 0 Å². The summed E-state index contributed by atoms with van der Waals surface area (Å²) in [7, 11) is 4.04. The number of allylic oxidation sites excluding steroid dienone is 1. The van der Waals surface area contributed by atoms with Gasteiger partial charge in [-0.1, -0.05) is 48.5 Å². The molecular weight excluding hydrogens is 496 g/mol. The number of ether oxygens (including phenoxy) is 2. The molecule has 0 aliphatic carbocycles. The predicted octanol–water partition coefficient (Wildman–Crippen LogP) is 3.86. The van der Waals surface area contributed by atoms with Gasteiger partial charge in [0.05, 0.1) is 37.4 Å². The van der Waals surface area contributed by atoms with E-state index in [0.29, 0.717) is 16.8 Å². The SMILES string of the molecule is COC(=O)C1=C(C(=O)OC)N(c2ccc(C(=O)N(C)c3ccccc3)cc2)C(N)=C(C#N)C1c1ccccc1. The van der Waals surface area contributed by atoms with Gasteiger partial charge in [-0.25, -0.2) is 9.59 Å². The van der Waals surface area contributed by atoms with Gasteiger partial charge in [-0.15, -0.1) is 0 Å². The van der Waals surface area contributed by atoms with Gasteiger partial charge in [0, 0.05) is 24.0 Å². The lowest BCUT2D eigenvalue weighted by Crippen LogP contribution is -2.40. The van der Waals surface area contributed by atoms with Gasteiger partial charge in [-0.05, 0) is 42.0 Å². The topological polar surface area (TPSA) is 126 Å². The maximum Gasteiger partial charge on any atom is 0.355 e. The molecule has 2 N–H and O–H groups in total. The van der Waals surface area contributed by atoms with Crippen molar-refractivity contribution in [3.05, 3.63) is 119 Å². The van der Waals surface area contributed by atoms with E-state index < -0.39 is 17.9 Å². The summed E-state index contributed by atoms with van der Waals surface area (Å²) in [6.45, 7) is 0. The third kappa shape index (κ3) is 4.95. The highest BCUT2D eigenvalue weighted by Gasteiger charge is 2.43. The van der Waals surface area contributed by atoms with Gasteiger partial charge in [-0.2, -0.15) is 5.26 Å². The standard InChI is InChI=1S/C30H26N4O5/c1-33(21-12-8-5-9-13-21)28(35)20-14-16-22(17-15-20)34-26(30(37)39-3)25(29(36)38-2)24(23(18-31)27(34)32)19-10-6-4-7-11-19/h4-17,24H,32H2,1-3H3. The summed E-state index contributed by atoms with van der Waals surface area (Å²) in [5.41, 5.74) is 8.31. The molecule has 0 aromatic heterocycles. The molecule has 9 nitrogen and oxygen atoms in total. The van der Waals surface area contributed by atoms with Crippen molar-refractivity contribution in [1.82, 2.24) is 0 Å². The van der Waals surface area contributed by atoms with Crippen LogP contribution in [-0.2, 0) is 19.1 Å². The number of carbonyl (C=O) groups is 3. The lowest BCUT2D eigenvalue weighted by molar-refractivity contribution is -0.139. The Morgan fingerprint density at radius 1 is 0.872 bits per heavy atom. The highest BCUT2D eigenvalue weighted by atomic mass is 16.5. The molecule has 3 aromatic carbocycles. The maximum absolute atomic E-state index is 13.2. The summed E-state index contributed by atoms with van der Waals surface area (Å²) in [5, 5.41) is 10.1. The molecule has 0 saturated heterocycles. The number of benzene rings is 3. The van der Waals surface area contributed by atoms with Crippen LogP contribution >= 0.6 is 0 Å². The Balaban J connectivity index is 1.85. The Morgan fingerprint density at radius 2 is 1.44 bits per heavy atom. The largest absolute Gasteiger partial charge is 0.466 e. The molecule has 196 valence electrons. The number of methoxy groups -OCH3 is 2. The first-order valence-electron chi connectivity index (χ1n) is 11.9. The number of rotatable bonds is 6. The zero-order valence-corrected chi connectivity index (χ0v) is 21.6. The molecule has 1 atom stereocenters. The van der Waals surface area contributed by atoms with Gasteiger partial charge < -0.3 is 20.1 Å². The molecule has 4 rings (SSSR count). The zero-order valence-electron chi connectivity index (χ0n) is 21.6. The minimum Gasteiger partial charge on any atom is -0.466 e. The number of anilines is 2. The summed E-state index contributed by atoms with van der Waals surface area (Å²) in [5.74, 6) is -2.93. The van der Waals surface area contributed by atoms with Gasteiger partial charge >= 0.3 is 11.9 Å². The Bertz CT molecular complexity index is 1510. The Hall–Kier alpha value is -5.36. The smallest absolute Gasteiger partial charge is 0.355 e. The van der Waals surface area contributed by atoms with E-state index >= 15 is 0 Å². The van der Waals surface area contributed by atoms with Crippen LogP contribution in [0.1, 0.15) is 21.8 Å². The van der Waals surface area contributed by atoms with Crippen molar-refractivity contribution in [2.24, 2.45) is 5.73 Å². The lowest BCUT2D eigenvalue weighted by atomic mass is 9.81. The first kappa shape index (κ1) is 26.7. The summed E-state index contributed by atoms with van der Waals surface area (Å²) >= 11 is 0. The van der Waals surface area contributed by atoms with Gasteiger partial charge in [0.1, 0.15) is 11.5 Å². The summed E-state index contributed by atoms with van der Waals surface area (Å²) in [4.78, 5) is 42.2. The number of carbonyl (C=O) groups excluding carboxylic acids is 3. The molecule has 0 saturated carbocycles. The first-order chi connectivity index (χ1) is 18.8. The maximum atomic E-state index is 13.2. The van der Waals surface area contributed by atoms with Crippen LogP contribution in [0, 0.1) is 11.3 Å². The van der Waals surface area contributed by atoms with Crippen molar-refractivity contribution in [2.75, 3.05) is 31.1 Å². The van der Waals surface area contributed by atoms with Gasteiger partial charge in [0.2, 0.25) is 0 Å². The molecule has 0 spiro atoms. The molecule has 1 aliphatic rings. The number of hydrogen-bond acceptors (Lipinski definition) is 8. The summed E-state index contributed by atoms with van der Waals surface area (Å²) < 4.78 is 10.1. The number of nitrogens with zero attached hydrogens (tertiary/aromatic N) is 3. The van der Waals surface area contributed by atoms with E-state index in [1.54, 1.807) is 61.6 Å². The third-order valence-electron chi connectivity index (χ3n) is 6.43. The minimum atomic E-state index is -0.964. The average molecular weight is 523 g/mol. The molecule has 3 aromatic rings. The normalized spacial score (nSPS) is 14.9. The van der Waals surface area contributed by atoms with Crippen molar-refractivity contribution < 1.29 is 23.9 Å². The second-order valence-electron chi connectivity index (χ2n) is 8.58. The van der Waals surface area contributed by atoms with Crippen molar-refractivity contribution >= 4 is 29.2 Å². The highest BCUT2D eigenvalue weighted by molar-refractivity contribution is 6.07. The fourth-order valence-corrected chi connectivity index (χ4v) is 4.50. The van der Waals surface area contributed by atoms with Crippen LogP contribution in [-0.4, -0.2) is 39.1 Å². The fraction of sp³-hybridized carbons (Fsp3) is 0.133. The van der Waals surface area contributed by atoms with Crippen molar-refractivity contribution in [3.63, 3.8) is 0 Å². The van der Waals surface area contributed by atoms with Crippen LogP contribution in [0.2, 0.25) is 0 Å². The van der Waals surface area contributed by atoms with Crippen LogP contribution in [0.15, 0.2) is 108 Å². The van der Waals surface area contributed by atoms with E-state index in [9.17, 15) is 19.6 Å². The van der Waals surface area contributed by atoms with Gasteiger partial charge in [-0.3, -0.25) is 9.69 Å². The second-order valence-corrected chi connectivity index (χ2v) is 8.58. The lowest BCUT2D eigenvalue weighted by Gasteiger charge is -2.36. The predicted molar refractivity (Wildman–Crippen MR) is 145 cm³/mol. The second kappa shape index (κ2) is 11.4. The van der Waals surface area contributed by atoms with Crippen LogP contribution in [0.4, 0.5) is 11.4 Å². The van der Waals surface area contributed by atoms with E-state index in [2.05, 4.69) is 6.07 Å². The van der Waals surface area contributed by atoms with Crippen LogP contribution in [0.3, 0.4) is 0 Å². The number of para-hydroxylation sites is 1. The van der Waals surface area contributed by atoms with Crippen LogP contribution < -0.4 is 15.5 Å². The molecule has 9 heteroatoms. The number of hydrogen-bond donors (Lipinski definition) is 1. The van der Waals surface area contributed by atoms with E-state index in [1.807, 2.05) is 30.3 Å². The molecule has 1 heterocycles. The number of amides is 1. The minimum absolute atomic E-state index is 0.0539. The third-order valence-corrected chi connectivity index (χ3v) is 6.43. The Labute approximate surface area is 226 Å². The van der Waals surface area contributed by atoms with E-state index in [0.717, 1.165) is 5.69 Å². The highest BCUT2D eigenvalue weighted by Crippen LogP contribution is 2.43. The zero-order chi connectivity index (χ0) is 28.1. The van der Waals surface area contributed by atoms with Crippen molar-refractivity contribution in [2.45, 2.75) is 5.92 Å². The number of esters is 2. The molecular formula is C30H26N4O5. The average Bonchev–Trinajstić information content (AvgIpc) is 2.99. The Morgan fingerprint density at radius 3 is 1.97 bits per heavy atom. The quantitative estimate of drug-likeness (QED) is 0.484. The van der Waals surface area contributed by atoms with Gasteiger partial charge in [0.25, 0.3) is 5.91 Å².